The lowest BCUT2D eigenvalue weighted by Crippen LogP contribution is -2.19. The summed E-state index contributed by atoms with van der Waals surface area (Å²) in [5, 5.41) is 4.12. The SMILES string of the molecule is Clc1ccsc1CN1CCC(CBr)C1. The molecule has 1 fully saturated rings. The fraction of sp³-hybridized carbons (Fsp3) is 0.600. The molecule has 0 bridgehead atoms. The zero-order valence-electron chi connectivity index (χ0n) is 7.88. The highest BCUT2D eigenvalue weighted by Gasteiger charge is 2.22. The Morgan fingerprint density at radius 2 is 2.50 bits per heavy atom. The van der Waals surface area contributed by atoms with E-state index in [1.165, 1.54) is 24.4 Å². The minimum absolute atomic E-state index is 0.828. The molecule has 1 unspecified atom stereocenters. The van der Waals surface area contributed by atoms with Crippen LogP contribution in [0, 0.1) is 5.92 Å². The maximum Gasteiger partial charge on any atom is 0.0558 e. The summed E-state index contributed by atoms with van der Waals surface area (Å²) in [6.45, 7) is 3.45. The molecule has 1 nitrogen and oxygen atoms in total. The zero-order chi connectivity index (χ0) is 9.97. The Balaban J connectivity index is 1.90. The van der Waals surface area contributed by atoms with E-state index in [4.69, 9.17) is 11.6 Å². The molecule has 0 amide bonds. The van der Waals surface area contributed by atoms with Gasteiger partial charge in [0, 0.05) is 23.3 Å². The summed E-state index contributed by atoms with van der Waals surface area (Å²) in [5.74, 6) is 0.828. The Morgan fingerprint density at radius 3 is 3.07 bits per heavy atom. The lowest BCUT2D eigenvalue weighted by molar-refractivity contribution is 0.324. The van der Waals surface area contributed by atoms with Crippen molar-refractivity contribution in [3.8, 4) is 0 Å². The molecule has 0 spiro atoms. The summed E-state index contributed by atoms with van der Waals surface area (Å²) >= 11 is 11.4. The summed E-state index contributed by atoms with van der Waals surface area (Å²) in [7, 11) is 0. The Hall–Kier alpha value is 0.430. The predicted molar refractivity (Wildman–Crippen MR) is 66.5 cm³/mol. The highest BCUT2D eigenvalue weighted by atomic mass is 79.9. The van der Waals surface area contributed by atoms with Crippen LogP contribution in [0.1, 0.15) is 11.3 Å². The third-order valence-electron chi connectivity index (χ3n) is 2.65. The molecule has 0 saturated carbocycles. The first-order valence-electron chi connectivity index (χ1n) is 4.80. The van der Waals surface area contributed by atoms with Crippen molar-refractivity contribution in [1.29, 1.82) is 0 Å². The first-order chi connectivity index (χ1) is 6.79. The monoisotopic (exact) mass is 293 g/mol. The Labute approximate surface area is 102 Å². The van der Waals surface area contributed by atoms with Crippen LogP contribution < -0.4 is 0 Å². The third-order valence-corrected chi connectivity index (χ3v) is 4.93. The first-order valence-corrected chi connectivity index (χ1v) is 7.17. The van der Waals surface area contributed by atoms with Crippen molar-refractivity contribution >= 4 is 38.9 Å². The van der Waals surface area contributed by atoms with E-state index in [-0.39, 0.29) is 0 Å². The molecule has 2 heterocycles. The van der Waals surface area contributed by atoms with Gasteiger partial charge in [0.05, 0.1) is 5.02 Å². The summed E-state index contributed by atoms with van der Waals surface area (Å²) in [6.07, 6.45) is 1.31. The van der Waals surface area contributed by atoms with Gasteiger partial charge in [0.2, 0.25) is 0 Å². The number of alkyl halides is 1. The number of rotatable bonds is 3. The molecular formula is C10H13BrClNS. The second-order valence-corrected chi connectivity index (χ2v) is 5.79. The van der Waals surface area contributed by atoms with Crippen LogP contribution in [0.2, 0.25) is 5.02 Å². The van der Waals surface area contributed by atoms with Gasteiger partial charge in [-0.25, -0.2) is 0 Å². The van der Waals surface area contributed by atoms with Gasteiger partial charge in [-0.3, -0.25) is 4.90 Å². The van der Waals surface area contributed by atoms with Gasteiger partial charge in [-0.05, 0) is 30.3 Å². The molecule has 1 aliphatic rings. The molecular weight excluding hydrogens is 282 g/mol. The molecule has 1 aromatic rings. The highest BCUT2D eigenvalue weighted by molar-refractivity contribution is 9.09. The quantitative estimate of drug-likeness (QED) is 0.770. The molecule has 4 heteroatoms. The third kappa shape index (κ3) is 2.51. The molecule has 0 radical (unpaired) electrons. The van der Waals surface area contributed by atoms with Crippen molar-refractivity contribution in [2.45, 2.75) is 13.0 Å². The second-order valence-electron chi connectivity index (χ2n) is 3.74. The van der Waals surface area contributed by atoms with E-state index in [1.54, 1.807) is 11.3 Å². The summed E-state index contributed by atoms with van der Waals surface area (Å²) in [6, 6.07) is 1.99. The van der Waals surface area contributed by atoms with E-state index < -0.39 is 0 Å². The van der Waals surface area contributed by atoms with E-state index >= 15 is 0 Å². The normalized spacial score (nSPS) is 23.1. The molecule has 14 heavy (non-hydrogen) atoms. The molecule has 1 atom stereocenters. The molecule has 0 aliphatic carbocycles. The minimum Gasteiger partial charge on any atom is -0.298 e. The Kier molecular flexibility index (Phi) is 3.88. The van der Waals surface area contributed by atoms with Crippen molar-refractivity contribution in [3.05, 3.63) is 21.3 Å². The van der Waals surface area contributed by atoms with Crippen LogP contribution in [0.5, 0.6) is 0 Å². The molecule has 1 aliphatic heterocycles. The second kappa shape index (κ2) is 4.97. The predicted octanol–water partition coefficient (Wildman–Crippen LogP) is 3.62. The minimum atomic E-state index is 0.828. The fourth-order valence-corrected chi connectivity index (χ4v) is 3.49. The number of nitrogens with zero attached hydrogens (tertiary/aromatic N) is 1. The van der Waals surface area contributed by atoms with Gasteiger partial charge in [-0.1, -0.05) is 27.5 Å². The number of hydrogen-bond acceptors (Lipinski definition) is 2. The maximum absolute atomic E-state index is 6.06. The lowest BCUT2D eigenvalue weighted by atomic mass is 10.2. The molecule has 1 saturated heterocycles. The van der Waals surface area contributed by atoms with Crippen molar-refractivity contribution in [2.24, 2.45) is 5.92 Å². The van der Waals surface area contributed by atoms with Crippen molar-refractivity contribution in [2.75, 3.05) is 18.4 Å². The van der Waals surface area contributed by atoms with E-state index in [0.29, 0.717) is 0 Å². The molecule has 0 N–H and O–H groups in total. The average molecular weight is 295 g/mol. The number of thiophene rings is 1. The van der Waals surface area contributed by atoms with Crippen molar-refractivity contribution in [3.63, 3.8) is 0 Å². The van der Waals surface area contributed by atoms with Gasteiger partial charge >= 0.3 is 0 Å². The van der Waals surface area contributed by atoms with Crippen molar-refractivity contribution in [1.82, 2.24) is 4.90 Å². The van der Waals surface area contributed by atoms with Crippen LogP contribution >= 0.6 is 38.9 Å². The fourth-order valence-electron chi connectivity index (χ4n) is 1.82. The van der Waals surface area contributed by atoms with Gasteiger partial charge in [0.1, 0.15) is 0 Å². The van der Waals surface area contributed by atoms with E-state index in [2.05, 4.69) is 26.2 Å². The Bertz CT molecular complexity index is 302. The van der Waals surface area contributed by atoms with E-state index in [1.807, 2.05) is 6.07 Å². The molecule has 1 aromatic heterocycles. The number of likely N-dealkylation sites (tertiary alicyclic amines) is 1. The average Bonchev–Trinajstić information content (AvgIpc) is 2.77. The number of hydrogen-bond donors (Lipinski definition) is 0. The molecule has 78 valence electrons. The van der Waals surface area contributed by atoms with Crippen LogP contribution in [0.25, 0.3) is 0 Å². The zero-order valence-corrected chi connectivity index (χ0v) is 11.0. The molecule has 2 rings (SSSR count). The Morgan fingerprint density at radius 1 is 1.64 bits per heavy atom. The van der Waals surface area contributed by atoms with Crippen LogP contribution in [0.4, 0.5) is 0 Å². The summed E-state index contributed by atoms with van der Waals surface area (Å²) < 4.78 is 0. The smallest absolute Gasteiger partial charge is 0.0558 e. The van der Waals surface area contributed by atoms with E-state index in [0.717, 1.165) is 22.8 Å². The van der Waals surface area contributed by atoms with Crippen LogP contribution in [0.15, 0.2) is 11.4 Å². The van der Waals surface area contributed by atoms with Gasteiger partial charge < -0.3 is 0 Å². The standard InChI is InChI=1S/C10H13BrClNS/c11-5-8-1-3-13(6-8)7-10-9(12)2-4-14-10/h2,4,8H,1,3,5-7H2. The summed E-state index contributed by atoms with van der Waals surface area (Å²) in [4.78, 5) is 3.80. The van der Waals surface area contributed by atoms with Gasteiger partial charge in [0.25, 0.3) is 0 Å². The van der Waals surface area contributed by atoms with E-state index in [9.17, 15) is 0 Å². The van der Waals surface area contributed by atoms with Crippen LogP contribution in [-0.2, 0) is 6.54 Å². The van der Waals surface area contributed by atoms with Gasteiger partial charge in [0.15, 0.2) is 0 Å². The topological polar surface area (TPSA) is 3.24 Å². The largest absolute Gasteiger partial charge is 0.298 e. The van der Waals surface area contributed by atoms with Crippen molar-refractivity contribution < 1.29 is 0 Å². The maximum atomic E-state index is 6.06. The van der Waals surface area contributed by atoms with Gasteiger partial charge in [-0.15, -0.1) is 11.3 Å². The molecule has 0 aromatic carbocycles. The highest BCUT2D eigenvalue weighted by Crippen LogP contribution is 2.26. The van der Waals surface area contributed by atoms with Crippen LogP contribution in [-0.4, -0.2) is 23.3 Å². The number of halogens is 2. The summed E-state index contributed by atoms with van der Waals surface area (Å²) in [5.41, 5.74) is 0. The first kappa shape index (κ1) is 10.9. The lowest BCUT2D eigenvalue weighted by Gasteiger charge is -2.14. The van der Waals surface area contributed by atoms with Gasteiger partial charge in [-0.2, -0.15) is 0 Å². The van der Waals surface area contributed by atoms with Crippen LogP contribution in [0.3, 0.4) is 0 Å².